The van der Waals surface area contributed by atoms with Gasteiger partial charge < -0.3 is 10.0 Å². The average molecular weight is 474 g/mol. The largest absolute Gasteiger partial charge is 0.395 e. The fraction of sp³-hybridized carbons (Fsp3) is 0.414. The molecule has 1 atom stereocenters. The monoisotopic (exact) mass is 473 g/mol. The predicted octanol–water partition coefficient (Wildman–Crippen LogP) is 5.47. The molecule has 0 bridgehead atoms. The van der Waals surface area contributed by atoms with Gasteiger partial charge in [0.1, 0.15) is 5.84 Å². The van der Waals surface area contributed by atoms with Crippen molar-refractivity contribution in [3.8, 4) is 0 Å². The number of benzene rings is 2. The number of fused-ring (bicyclic) bond motifs is 2. The third-order valence-electron chi connectivity index (χ3n) is 7.11. The molecule has 5 heteroatoms. The van der Waals surface area contributed by atoms with Gasteiger partial charge in [-0.3, -0.25) is 4.90 Å². The van der Waals surface area contributed by atoms with Crippen molar-refractivity contribution in [3.05, 3.63) is 87.1 Å². The molecule has 0 saturated carbocycles. The van der Waals surface area contributed by atoms with E-state index in [1.807, 2.05) is 11.3 Å². The van der Waals surface area contributed by atoms with Gasteiger partial charge in [-0.15, -0.1) is 11.3 Å². The zero-order valence-corrected chi connectivity index (χ0v) is 21.1. The minimum Gasteiger partial charge on any atom is -0.395 e. The zero-order chi connectivity index (χ0) is 23.5. The van der Waals surface area contributed by atoms with Crippen LogP contribution in [0.1, 0.15) is 52.6 Å². The number of nitrogens with zero attached hydrogens (tertiary/aromatic N) is 3. The molecule has 178 valence electrons. The van der Waals surface area contributed by atoms with Crippen LogP contribution in [0.15, 0.2) is 65.7 Å². The molecule has 5 rings (SSSR count). The van der Waals surface area contributed by atoms with Gasteiger partial charge in [0.25, 0.3) is 0 Å². The number of aliphatic hydroxyl groups is 1. The molecule has 0 spiro atoms. The highest BCUT2D eigenvalue weighted by Gasteiger charge is 2.31. The Morgan fingerprint density at radius 2 is 1.85 bits per heavy atom. The van der Waals surface area contributed by atoms with Crippen molar-refractivity contribution in [3.63, 3.8) is 0 Å². The van der Waals surface area contributed by atoms with Crippen LogP contribution in [0.2, 0.25) is 0 Å². The molecule has 0 radical (unpaired) electrons. The molecule has 3 aromatic rings. The summed E-state index contributed by atoms with van der Waals surface area (Å²) in [6.45, 7) is 8.35. The van der Waals surface area contributed by atoms with E-state index in [1.54, 1.807) is 0 Å². The number of aliphatic hydroxyl groups excluding tert-OH is 1. The molecule has 4 nitrogen and oxygen atoms in total. The van der Waals surface area contributed by atoms with Crippen molar-refractivity contribution in [1.29, 1.82) is 0 Å². The second kappa shape index (κ2) is 10.4. The van der Waals surface area contributed by atoms with Crippen molar-refractivity contribution < 1.29 is 5.11 Å². The summed E-state index contributed by atoms with van der Waals surface area (Å²) in [6, 6.07) is 22.2. The quantitative estimate of drug-likeness (QED) is 0.516. The highest BCUT2D eigenvalue weighted by molar-refractivity contribution is 7.12. The summed E-state index contributed by atoms with van der Waals surface area (Å²) in [4.78, 5) is 13.1. The molecule has 0 unspecified atom stereocenters. The Labute approximate surface area is 207 Å². The van der Waals surface area contributed by atoms with Crippen molar-refractivity contribution in [1.82, 2.24) is 9.80 Å². The van der Waals surface area contributed by atoms with E-state index in [0.29, 0.717) is 12.0 Å². The summed E-state index contributed by atoms with van der Waals surface area (Å²) in [5, 5.41) is 9.69. The number of para-hydroxylation sites is 1. The average Bonchev–Trinajstić information content (AvgIpc) is 3.21. The lowest BCUT2D eigenvalue weighted by atomic mass is 10.0. The molecule has 1 saturated heterocycles. The predicted molar refractivity (Wildman–Crippen MR) is 143 cm³/mol. The molecule has 2 aliphatic heterocycles. The van der Waals surface area contributed by atoms with Gasteiger partial charge in [-0.25, -0.2) is 4.99 Å². The van der Waals surface area contributed by atoms with E-state index < -0.39 is 0 Å². The van der Waals surface area contributed by atoms with Crippen LogP contribution in [0.25, 0.3) is 0 Å². The third-order valence-corrected chi connectivity index (χ3v) is 8.54. The maximum absolute atomic E-state index is 9.69. The second-order valence-electron chi connectivity index (χ2n) is 9.76. The minimum absolute atomic E-state index is 0.211. The number of amidine groups is 1. The van der Waals surface area contributed by atoms with Gasteiger partial charge in [0.2, 0.25) is 0 Å². The summed E-state index contributed by atoms with van der Waals surface area (Å²) in [7, 11) is 0. The third kappa shape index (κ3) is 4.97. The molecule has 0 aliphatic carbocycles. The Bertz CT molecular complexity index is 1140. The molecule has 2 aliphatic rings. The SMILES string of the molecule is CC(C)c1cc2c(s1)Cc1ccccc1N=C2N1CCN(CCO)[C@@H](CCc2ccccc2)C1. The highest BCUT2D eigenvalue weighted by Crippen LogP contribution is 2.37. The molecule has 34 heavy (non-hydrogen) atoms. The molecule has 2 aromatic carbocycles. The number of hydrogen-bond acceptors (Lipinski definition) is 5. The zero-order valence-electron chi connectivity index (χ0n) is 20.3. The Balaban J connectivity index is 1.45. The number of piperazine rings is 1. The maximum atomic E-state index is 9.69. The smallest absolute Gasteiger partial charge is 0.137 e. The topological polar surface area (TPSA) is 39.1 Å². The Morgan fingerprint density at radius 3 is 2.65 bits per heavy atom. The lowest BCUT2D eigenvalue weighted by Crippen LogP contribution is -2.55. The van der Waals surface area contributed by atoms with Crippen LogP contribution in [0, 0.1) is 0 Å². The highest BCUT2D eigenvalue weighted by atomic mass is 32.1. The first-order chi connectivity index (χ1) is 16.6. The van der Waals surface area contributed by atoms with Gasteiger partial charge in [0.05, 0.1) is 12.3 Å². The van der Waals surface area contributed by atoms with E-state index in [9.17, 15) is 5.11 Å². The van der Waals surface area contributed by atoms with Crippen molar-refractivity contribution >= 4 is 22.9 Å². The summed E-state index contributed by atoms with van der Waals surface area (Å²) in [6.07, 6.45) is 3.09. The van der Waals surface area contributed by atoms with E-state index in [-0.39, 0.29) is 6.61 Å². The Kier molecular flexibility index (Phi) is 7.14. The minimum atomic E-state index is 0.211. The van der Waals surface area contributed by atoms with E-state index >= 15 is 0 Å². The van der Waals surface area contributed by atoms with E-state index in [4.69, 9.17) is 4.99 Å². The lowest BCUT2D eigenvalue weighted by Gasteiger charge is -2.42. The van der Waals surface area contributed by atoms with Crippen molar-refractivity contribution in [2.45, 2.75) is 45.1 Å². The van der Waals surface area contributed by atoms with Crippen molar-refractivity contribution in [2.24, 2.45) is 4.99 Å². The normalized spacial score (nSPS) is 18.4. The van der Waals surface area contributed by atoms with Gasteiger partial charge in [-0.05, 0) is 42.0 Å². The number of β-amino-alcohol motifs (C(OH)–C–C–N with tert-alkyl or cyclic N) is 1. The van der Waals surface area contributed by atoms with Crippen LogP contribution < -0.4 is 0 Å². The van der Waals surface area contributed by atoms with Crippen LogP contribution in [-0.2, 0) is 12.8 Å². The van der Waals surface area contributed by atoms with Gasteiger partial charge >= 0.3 is 0 Å². The van der Waals surface area contributed by atoms with Crippen LogP contribution in [0.5, 0.6) is 0 Å². The van der Waals surface area contributed by atoms with Crippen LogP contribution in [0.4, 0.5) is 5.69 Å². The first-order valence-electron chi connectivity index (χ1n) is 12.6. The van der Waals surface area contributed by atoms with Gasteiger partial charge in [-0.1, -0.05) is 62.4 Å². The molecular weight excluding hydrogens is 438 g/mol. The van der Waals surface area contributed by atoms with Gasteiger partial charge in [0, 0.05) is 54.0 Å². The molecule has 0 amide bonds. The second-order valence-corrected chi connectivity index (χ2v) is 10.9. The fourth-order valence-electron chi connectivity index (χ4n) is 5.17. The number of rotatable bonds is 6. The van der Waals surface area contributed by atoms with E-state index in [2.05, 4.69) is 84.3 Å². The molecule has 3 heterocycles. The van der Waals surface area contributed by atoms with E-state index in [1.165, 1.54) is 26.4 Å². The Morgan fingerprint density at radius 1 is 1.06 bits per heavy atom. The van der Waals surface area contributed by atoms with Gasteiger partial charge in [-0.2, -0.15) is 0 Å². The lowest BCUT2D eigenvalue weighted by molar-refractivity contribution is 0.0858. The fourth-order valence-corrected chi connectivity index (χ4v) is 6.36. The summed E-state index contributed by atoms with van der Waals surface area (Å²) in [5.74, 6) is 1.66. The number of aliphatic imine (C=N–C) groups is 1. The number of thiophene rings is 1. The summed E-state index contributed by atoms with van der Waals surface area (Å²) < 4.78 is 0. The maximum Gasteiger partial charge on any atom is 0.137 e. The molecule has 1 N–H and O–H groups in total. The molecular formula is C29H35N3OS. The van der Waals surface area contributed by atoms with Gasteiger partial charge in [0.15, 0.2) is 0 Å². The van der Waals surface area contributed by atoms with Crippen LogP contribution in [-0.4, -0.2) is 59.6 Å². The van der Waals surface area contributed by atoms with E-state index in [0.717, 1.165) is 57.0 Å². The first-order valence-corrected chi connectivity index (χ1v) is 13.4. The summed E-state index contributed by atoms with van der Waals surface area (Å²) >= 11 is 1.95. The first kappa shape index (κ1) is 23.3. The number of hydrogen-bond donors (Lipinski definition) is 1. The standard InChI is InChI=1S/C29H35N3OS/c1-21(2)27-19-25-28(34-27)18-23-10-6-7-11-26(23)30-29(25)32-15-14-31(16-17-33)24(20-32)13-12-22-8-4-3-5-9-22/h3-11,19,21,24,33H,12-18,20H2,1-2H3/t24-/m0/s1. The van der Waals surface area contributed by atoms with Crippen LogP contribution in [0.3, 0.4) is 0 Å². The molecule has 1 aromatic heterocycles. The molecule has 1 fully saturated rings. The summed E-state index contributed by atoms with van der Waals surface area (Å²) in [5.41, 5.74) is 5.12. The Hall–Kier alpha value is -2.47. The van der Waals surface area contributed by atoms with Crippen molar-refractivity contribution in [2.75, 3.05) is 32.8 Å². The van der Waals surface area contributed by atoms with Crippen LogP contribution >= 0.6 is 11.3 Å². The number of aryl methyl sites for hydroxylation is 1.